The Bertz CT molecular complexity index is 1080. The lowest BCUT2D eigenvalue weighted by Gasteiger charge is -2.26. The predicted molar refractivity (Wildman–Crippen MR) is 115 cm³/mol. The Labute approximate surface area is 177 Å². The van der Waals surface area contributed by atoms with Gasteiger partial charge in [-0.25, -0.2) is 9.37 Å². The second-order valence-electron chi connectivity index (χ2n) is 6.89. The minimum Gasteiger partial charge on any atom is -0.496 e. The molecule has 0 unspecified atom stereocenters. The van der Waals surface area contributed by atoms with Crippen molar-refractivity contribution >= 4 is 34.0 Å². The topological polar surface area (TPSA) is 71.5 Å². The number of carbonyl (C=O) groups is 2. The average molecular weight is 425 g/mol. The molecule has 1 fully saturated rings. The molecule has 1 aromatic heterocycles. The summed E-state index contributed by atoms with van der Waals surface area (Å²) < 4.78 is 18.9. The lowest BCUT2D eigenvalue weighted by atomic mass is 10.1. The smallest absolute Gasteiger partial charge is 0.257 e. The molecule has 2 aromatic carbocycles. The van der Waals surface area contributed by atoms with Crippen molar-refractivity contribution in [3.63, 3.8) is 0 Å². The number of halogens is 1. The van der Waals surface area contributed by atoms with Gasteiger partial charge in [0.05, 0.1) is 12.8 Å². The largest absolute Gasteiger partial charge is 0.496 e. The lowest BCUT2D eigenvalue weighted by Crippen LogP contribution is -2.35. The Morgan fingerprint density at radius 1 is 1.20 bits per heavy atom. The van der Waals surface area contributed by atoms with Gasteiger partial charge in [-0.3, -0.25) is 14.9 Å². The van der Waals surface area contributed by atoms with Crippen LogP contribution in [0.1, 0.15) is 29.6 Å². The SMILES string of the molecule is COc1ccc(F)cc1-c1csc(NC(=O)c2ccc(N3CCCCC3=O)cc2)n1. The number of amides is 2. The number of hydrogen-bond donors (Lipinski definition) is 1. The molecule has 0 saturated carbocycles. The van der Waals surface area contributed by atoms with E-state index in [4.69, 9.17) is 4.74 Å². The minimum absolute atomic E-state index is 0.113. The minimum atomic E-state index is -0.392. The van der Waals surface area contributed by atoms with Crippen LogP contribution in [0.5, 0.6) is 5.75 Å². The molecule has 0 radical (unpaired) electrons. The Kier molecular flexibility index (Phi) is 5.76. The molecule has 0 atom stereocenters. The van der Waals surface area contributed by atoms with Gasteiger partial charge in [0.25, 0.3) is 5.91 Å². The van der Waals surface area contributed by atoms with Gasteiger partial charge in [0, 0.05) is 35.2 Å². The molecule has 1 aliphatic heterocycles. The van der Waals surface area contributed by atoms with Gasteiger partial charge in [0.2, 0.25) is 5.91 Å². The molecule has 1 N–H and O–H groups in total. The van der Waals surface area contributed by atoms with Gasteiger partial charge in [-0.05, 0) is 55.3 Å². The number of carbonyl (C=O) groups excluding carboxylic acids is 2. The van der Waals surface area contributed by atoms with Crippen LogP contribution in [0.15, 0.2) is 47.8 Å². The van der Waals surface area contributed by atoms with Crippen molar-refractivity contribution in [1.82, 2.24) is 4.98 Å². The summed E-state index contributed by atoms with van der Waals surface area (Å²) in [5.74, 6) is -0.0840. The van der Waals surface area contributed by atoms with Crippen molar-refractivity contribution in [2.75, 3.05) is 23.9 Å². The number of nitrogens with one attached hydrogen (secondary N) is 1. The maximum Gasteiger partial charge on any atom is 0.257 e. The molecule has 8 heteroatoms. The second-order valence-corrected chi connectivity index (χ2v) is 7.74. The molecule has 6 nitrogen and oxygen atoms in total. The Morgan fingerprint density at radius 2 is 2.00 bits per heavy atom. The third-order valence-corrected chi connectivity index (χ3v) is 5.68. The quantitative estimate of drug-likeness (QED) is 0.642. The zero-order valence-corrected chi connectivity index (χ0v) is 17.2. The van der Waals surface area contributed by atoms with Gasteiger partial charge >= 0.3 is 0 Å². The number of anilines is 2. The highest BCUT2D eigenvalue weighted by atomic mass is 32.1. The summed E-state index contributed by atoms with van der Waals surface area (Å²) in [6, 6.07) is 11.1. The molecule has 3 aromatic rings. The highest BCUT2D eigenvalue weighted by Gasteiger charge is 2.20. The zero-order chi connectivity index (χ0) is 21.1. The van der Waals surface area contributed by atoms with Gasteiger partial charge in [0.1, 0.15) is 11.6 Å². The van der Waals surface area contributed by atoms with E-state index in [1.165, 1.54) is 36.6 Å². The van der Waals surface area contributed by atoms with Crippen molar-refractivity contribution in [2.45, 2.75) is 19.3 Å². The predicted octanol–water partition coefficient (Wildman–Crippen LogP) is 4.73. The Balaban J connectivity index is 1.47. The summed E-state index contributed by atoms with van der Waals surface area (Å²) in [5, 5.41) is 4.90. The van der Waals surface area contributed by atoms with E-state index < -0.39 is 5.82 Å². The van der Waals surface area contributed by atoms with Gasteiger partial charge in [-0.1, -0.05) is 0 Å². The van der Waals surface area contributed by atoms with Crippen molar-refractivity contribution in [2.24, 2.45) is 0 Å². The average Bonchev–Trinajstić information content (AvgIpc) is 3.22. The van der Waals surface area contributed by atoms with Crippen LogP contribution >= 0.6 is 11.3 Å². The maximum atomic E-state index is 13.6. The number of piperidine rings is 1. The number of rotatable bonds is 5. The van der Waals surface area contributed by atoms with Gasteiger partial charge in [-0.2, -0.15) is 0 Å². The number of nitrogens with zero attached hydrogens (tertiary/aromatic N) is 2. The third-order valence-electron chi connectivity index (χ3n) is 4.93. The van der Waals surface area contributed by atoms with Crippen LogP contribution in [0.25, 0.3) is 11.3 Å². The summed E-state index contributed by atoms with van der Waals surface area (Å²) in [5.41, 5.74) is 2.30. The fourth-order valence-electron chi connectivity index (χ4n) is 3.38. The normalized spacial score (nSPS) is 13.9. The second kappa shape index (κ2) is 8.62. The first kappa shape index (κ1) is 20.0. The van der Waals surface area contributed by atoms with E-state index in [2.05, 4.69) is 10.3 Å². The molecule has 2 amide bonds. The summed E-state index contributed by atoms with van der Waals surface area (Å²) in [4.78, 5) is 30.8. The summed E-state index contributed by atoms with van der Waals surface area (Å²) >= 11 is 1.24. The van der Waals surface area contributed by atoms with E-state index >= 15 is 0 Å². The summed E-state index contributed by atoms with van der Waals surface area (Å²) in [7, 11) is 1.51. The van der Waals surface area contributed by atoms with E-state index in [9.17, 15) is 14.0 Å². The molecular formula is C22H20FN3O3S. The highest BCUT2D eigenvalue weighted by molar-refractivity contribution is 7.14. The van der Waals surface area contributed by atoms with Gasteiger partial charge < -0.3 is 9.64 Å². The van der Waals surface area contributed by atoms with E-state index in [0.29, 0.717) is 40.7 Å². The van der Waals surface area contributed by atoms with Crippen molar-refractivity contribution < 1.29 is 18.7 Å². The number of aromatic nitrogens is 1. The fourth-order valence-corrected chi connectivity index (χ4v) is 4.08. The van der Waals surface area contributed by atoms with E-state index in [-0.39, 0.29) is 11.8 Å². The van der Waals surface area contributed by atoms with E-state index in [0.717, 1.165) is 18.5 Å². The number of thiazole rings is 1. The molecule has 1 aliphatic rings. The third kappa shape index (κ3) is 4.18. The van der Waals surface area contributed by atoms with Crippen LogP contribution in [0.4, 0.5) is 15.2 Å². The fraction of sp³-hybridized carbons (Fsp3) is 0.227. The Hall–Kier alpha value is -3.26. The molecule has 0 aliphatic carbocycles. The molecular weight excluding hydrogens is 405 g/mol. The molecule has 4 rings (SSSR count). The molecule has 1 saturated heterocycles. The standard InChI is InChI=1S/C22H20FN3O3S/c1-29-19-10-7-15(23)12-17(19)18-13-30-22(24-18)25-21(28)14-5-8-16(9-6-14)26-11-3-2-4-20(26)27/h5-10,12-13H,2-4,11H2,1H3,(H,24,25,28). The van der Waals surface area contributed by atoms with E-state index in [1.807, 2.05) is 0 Å². The monoisotopic (exact) mass is 425 g/mol. The van der Waals surface area contributed by atoms with Crippen molar-refractivity contribution in [3.05, 3.63) is 59.2 Å². The molecule has 2 heterocycles. The van der Waals surface area contributed by atoms with Crippen LogP contribution < -0.4 is 15.0 Å². The van der Waals surface area contributed by atoms with Gasteiger partial charge in [0.15, 0.2) is 5.13 Å². The van der Waals surface area contributed by atoms with Crippen LogP contribution in [0.3, 0.4) is 0 Å². The van der Waals surface area contributed by atoms with Crippen LogP contribution in [-0.2, 0) is 4.79 Å². The molecule has 0 spiro atoms. The molecule has 30 heavy (non-hydrogen) atoms. The number of methoxy groups -OCH3 is 1. The zero-order valence-electron chi connectivity index (χ0n) is 16.4. The van der Waals surface area contributed by atoms with Crippen LogP contribution in [-0.4, -0.2) is 30.5 Å². The number of ether oxygens (including phenoxy) is 1. The number of hydrogen-bond acceptors (Lipinski definition) is 5. The highest BCUT2D eigenvalue weighted by Crippen LogP contribution is 2.33. The molecule has 0 bridgehead atoms. The first-order chi connectivity index (χ1) is 14.5. The van der Waals surface area contributed by atoms with Crippen molar-refractivity contribution in [3.8, 4) is 17.0 Å². The van der Waals surface area contributed by atoms with Crippen molar-refractivity contribution in [1.29, 1.82) is 0 Å². The molecule has 154 valence electrons. The van der Waals surface area contributed by atoms with Crippen LogP contribution in [0, 0.1) is 5.82 Å². The maximum absolute atomic E-state index is 13.6. The lowest BCUT2D eigenvalue weighted by molar-refractivity contribution is -0.119. The van der Waals surface area contributed by atoms with Gasteiger partial charge in [-0.15, -0.1) is 11.3 Å². The first-order valence-electron chi connectivity index (χ1n) is 9.56. The summed E-state index contributed by atoms with van der Waals surface area (Å²) in [6.45, 7) is 0.704. The first-order valence-corrected chi connectivity index (χ1v) is 10.4. The number of benzene rings is 2. The summed E-state index contributed by atoms with van der Waals surface area (Å²) in [6.07, 6.45) is 2.47. The van der Waals surface area contributed by atoms with Crippen LogP contribution in [0.2, 0.25) is 0 Å². The Morgan fingerprint density at radius 3 is 2.73 bits per heavy atom. The van der Waals surface area contributed by atoms with E-state index in [1.54, 1.807) is 34.5 Å².